The van der Waals surface area contributed by atoms with E-state index in [0.717, 1.165) is 24.2 Å². The first kappa shape index (κ1) is 23.3. The van der Waals surface area contributed by atoms with Crippen molar-refractivity contribution < 1.29 is 23.2 Å². The fraction of sp³-hybridized carbons (Fsp3) is 0.320. The van der Waals surface area contributed by atoms with Crippen molar-refractivity contribution in [2.24, 2.45) is 0 Å². The lowest BCUT2D eigenvalue weighted by Gasteiger charge is -2.35. The third kappa shape index (κ3) is 5.04. The minimum atomic E-state index is -0.817. The fourth-order valence-electron chi connectivity index (χ4n) is 4.03. The number of fused-ring (bicyclic) bond motifs is 1. The summed E-state index contributed by atoms with van der Waals surface area (Å²) in [5.41, 5.74) is 6.79. The zero-order valence-electron chi connectivity index (χ0n) is 19.2. The summed E-state index contributed by atoms with van der Waals surface area (Å²) in [6.07, 6.45) is 1.73. The van der Waals surface area contributed by atoms with Gasteiger partial charge in [-0.3, -0.25) is 30.1 Å². The van der Waals surface area contributed by atoms with Crippen LogP contribution in [0.5, 0.6) is 0 Å². The Bertz CT molecular complexity index is 1150. The number of nitrogens with zero attached hydrogens (tertiary/aromatic N) is 2. The van der Waals surface area contributed by atoms with Crippen LogP contribution < -0.4 is 10.9 Å². The molecule has 9 nitrogen and oxygen atoms in total. The van der Waals surface area contributed by atoms with E-state index in [-0.39, 0.29) is 18.1 Å². The van der Waals surface area contributed by atoms with Gasteiger partial charge in [-0.25, -0.2) is 0 Å². The number of furan rings is 2. The molecule has 1 aliphatic heterocycles. The maximum atomic E-state index is 13.1. The summed E-state index contributed by atoms with van der Waals surface area (Å²) in [5.74, 6) is -0.549. The Morgan fingerprint density at radius 1 is 0.971 bits per heavy atom. The SMILES string of the molecule is CCN(CC)Cc1ccc(C(=O)NNC(=O)C2Cc3ccccc3CN2C(=O)c2ccco2)o1. The molecule has 1 unspecified atom stereocenters. The summed E-state index contributed by atoms with van der Waals surface area (Å²) in [5, 5.41) is 0. The number of nitrogens with one attached hydrogen (secondary N) is 2. The number of carbonyl (C=O) groups is 3. The maximum Gasteiger partial charge on any atom is 0.305 e. The molecule has 1 aliphatic rings. The van der Waals surface area contributed by atoms with Crippen molar-refractivity contribution in [2.75, 3.05) is 13.1 Å². The second kappa shape index (κ2) is 10.4. The number of benzene rings is 1. The first-order chi connectivity index (χ1) is 16.5. The van der Waals surface area contributed by atoms with E-state index in [1.54, 1.807) is 24.3 Å². The lowest BCUT2D eigenvalue weighted by Crippen LogP contribution is -2.56. The van der Waals surface area contributed by atoms with Gasteiger partial charge < -0.3 is 13.7 Å². The Morgan fingerprint density at radius 3 is 2.44 bits per heavy atom. The standard InChI is InChI=1S/C25H28N4O5/c1-3-28(4-2)16-19-11-12-21(34-19)24(31)27-26-23(30)20-14-17-8-5-6-9-18(17)15-29(20)25(32)22-10-7-13-33-22/h5-13,20H,3-4,14-16H2,1-2H3,(H,26,30)(H,27,31). The molecule has 9 heteroatoms. The van der Waals surface area contributed by atoms with Crippen LogP contribution in [0.2, 0.25) is 0 Å². The van der Waals surface area contributed by atoms with Gasteiger partial charge in [0.05, 0.1) is 12.8 Å². The molecule has 3 amide bonds. The summed E-state index contributed by atoms with van der Waals surface area (Å²) in [6, 6.07) is 13.3. The molecule has 2 N–H and O–H groups in total. The molecule has 0 spiro atoms. The van der Waals surface area contributed by atoms with Gasteiger partial charge in [-0.2, -0.15) is 0 Å². The summed E-state index contributed by atoms with van der Waals surface area (Å²) >= 11 is 0. The Labute approximate surface area is 197 Å². The average Bonchev–Trinajstić information content (AvgIpc) is 3.57. The van der Waals surface area contributed by atoms with Crippen molar-refractivity contribution in [1.29, 1.82) is 0 Å². The molecule has 4 rings (SSSR count). The summed E-state index contributed by atoms with van der Waals surface area (Å²) in [6.45, 7) is 6.70. The first-order valence-corrected chi connectivity index (χ1v) is 11.3. The third-order valence-corrected chi connectivity index (χ3v) is 6.00. The van der Waals surface area contributed by atoms with Crippen LogP contribution in [0.15, 0.2) is 63.6 Å². The van der Waals surface area contributed by atoms with Crippen LogP contribution in [0.4, 0.5) is 0 Å². The molecule has 0 radical (unpaired) electrons. The predicted octanol–water partition coefficient (Wildman–Crippen LogP) is 2.74. The van der Waals surface area contributed by atoms with Gasteiger partial charge in [0.25, 0.3) is 11.8 Å². The van der Waals surface area contributed by atoms with E-state index < -0.39 is 23.8 Å². The number of hydrogen-bond donors (Lipinski definition) is 2. The summed E-state index contributed by atoms with van der Waals surface area (Å²) < 4.78 is 10.9. The van der Waals surface area contributed by atoms with Crippen molar-refractivity contribution in [2.45, 2.75) is 39.4 Å². The van der Waals surface area contributed by atoms with E-state index in [1.165, 1.54) is 11.2 Å². The number of hydrazine groups is 1. The van der Waals surface area contributed by atoms with Crippen LogP contribution in [-0.2, 0) is 24.3 Å². The van der Waals surface area contributed by atoms with Gasteiger partial charge >= 0.3 is 5.91 Å². The van der Waals surface area contributed by atoms with Gasteiger partial charge in [-0.15, -0.1) is 0 Å². The minimum absolute atomic E-state index is 0.0972. The van der Waals surface area contributed by atoms with Crippen LogP contribution in [0, 0.1) is 0 Å². The van der Waals surface area contributed by atoms with Gasteiger partial charge in [0.1, 0.15) is 11.8 Å². The third-order valence-electron chi connectivity index (χ3n) is 6.00. The molecule has 0 saturated carbocycles. The number of amides is 3. The maximum absolute atomic E-state index is 13.1. The van der Waals surface area contributed by atoms with Crippen molar-refractivity contribution in [3.8, 4) is 0 Å². The van der Waals surface area contributed by atoms with Gasteiger partial charge in [-0.1, -0.05) is 38.1 Å². The second-order valence-electron chi connectivity index (χ2n) is 8.07. The number of carbonyl (C=O) groups excluding carboxylic acids is 3. The van der Waals surface area contributed by atoms with Crippen LogP contribution in [0.1, 0.15) is 51.8 Å². The summed E-state index contributed by atoms with van der Waals surface area (Å²) in [4.78, 5) is 42.3. The minimum Gasteiger partial charge on any atom is -0.459 e. The van der Waals surface area contributed by atoms with Gasteiger partial charge in [0.15, 0.2) is 11.5 Å². The molecule has 34 heavy (non-hydrogen) atoms. The molecule has 0 bridgehead atoms. The fourth-order valence-corrected chi connectivity index (χ4v) is 4.03. The van der Waals surface area contributed by atoms with Crippen LogP contribution >= 0.6 is 0 Å². The lowest BCUT2D eigenvalue weighted by molar-refractivity contribution is -0.127. The molecule has 0 saturated heterocycles. The normalized spacial score (nSPS) is 15.1. The van der Waals surface area contributed by atoms with Gasteiger partial charge in [-0.05, 0) is 48.5 Å². The van der Waals surface area contributed by atoms with Crippen molar-refractivity contribution in [1.82, 2.24) is 20.7 Å². The number of rotatable bonds is 7. The molecule has 0 fully saturated rings. The Balaban J connectivity index is 1.44. The zero-order chi connectivity index (χ0) is 24.1. The monoisotopic (exact) mass is 464 g/mol. The Morgan fingerprint density at radius 2 is 1.74 bits per heavy atom. The van der Waals surface area contributed by atoms with E-state index >= 15 is 0 Å². The Hall–Kier alpha value is -3.85. The van der Waals surface area contributed by atoms with Crippen molar-refractivity contribution >= 4 is 17.7 Å². The molecule has 1 aromatic carbocycles. The molecule has 3 heterocycles. The highest BCUT2D eigenvalue weighted by molar-refractivity contribution is 5.97. The highest BCUT2D eigenvalue weighted by atomic mass is 16.4. The highest BCUT2D eigenvalue weighted by Crippen LogP contribution is 2.25. The van der Waals surface area contributed by atoms with Gasteiger partial charge in [0, 0.05) is 13.0 Å². The molecule has 2 aromatic heterocycles. The van der Waals surface area contributed by atoms with E-state index in [0.29, 0.717) is 18.7 Å². The molecule has 1 atom stereocenters. The molecule has 3 aromatic rings. The van der Waals surface area contributed by atoms with Crippen LogP contribution in [0.3, 0.4) is 0 Å². The smallest absolute Gasteiger partial charge is 0.305 e. The summed E-state index contributed by atoms with van der Waals surface area (Å²) in [7, 11) is 0. The van der Waals surface area contributed by atoms with Crippen molar-refractivity contribution in [3.05, 3.63) is 83.2 Å². The van der Waals surface area contributed by atoms with Crippen LogP contribution in [-0.4, -0.2) is 46.7 Å². The largest absolute Gasteiger partial charge is 0.459 e. The topological polar surface area (TPSA) is 108 Å². The lowest BCUT2D eigenvalue weighted by atomic mass is 9.93. The molecule has 178 valence electrons. The van der Waals surface area contributed by atoms with E-state index in [9.17, 15) is 14.4 Å². The van der Waals surface area contributed by atoms with E-state index in [2.05, 4.69) is 29.6 Å². The van der Waals surface area contributed by atoms with Gasteiger partial charge in [0.2, 0.25) is 0 Å². The Kier molecular flexibility index (Phi) is 7.12. The quantitative estimate of drug-likeness (QED) is 0.521. The van der Waals surface area contributed by atoms with Crippen LogP contribution in [0.25, 0.3) is 0 Å². The molecule has 0 aliphatic carbocycles. The average molecular weight is 465 g/mol. The van der Waals surface area contributed by atoms with E-state index in [4.69, 9.17) is 8.83 Å². The molecular weight excluding hydrogens is 436 g/mol. The predicted molar refractivity (Wildman–Crippen MR) is 123 cm³/mol. The van der Waals surface area contributed by atoms with E-state index in [1.807, 2.05) is 24.3 Å². The highest BCUT2D eigenvalue weighted by Gasteiger charge is 2.36. The van der Waals surface area contributed by atoms with Crippen molar-refractivity contribution in [3.63, 3.8) is 0 Å². The second-order valence-corrected chi connectivity index (χ2v) is 8.07. The molecular formula is C25H28N4O5. The zero-order valence-corrected chi connectivity index (χ0v) is 19.2. The number of hydrogen-bond acceptors (Lipinski definition) is 6. The first-order valence-electron chi connectivity index (χ1n) is 11.3.